The standard InChI is InChI=1S/C15H12N2O3S/c1-7-4-5-8(2)12-11(7)13(19)17(14(12)20)15-16-10(6-21-15)9(3)18/h4-6H,1-3H3. The van der Waals surface area contributed by atoms with Crippen LogP contribution < -0.4 is 4.90 Å². The third-order valence-electron chi connectivity index (χ3n) is 3.50. The molecule has 0 N–H and O–H groups in total. The molecule has 0 spiro atoms. The molecule has 0 radical (unpaired) electrons. The lowest BCUT2D eigenvalue weighted by Gasteiger charge is -2.09. The number of hydrogen-bond acceptors (Lipinski definition) is 5. The van der Waals surface area contributed by atoms with Gasteiger partial charge in [-0.25, -0.2) is 9.88 Å². The Morgan fingerprint density at radius 1 is 1.10 bits per heavy atom. The van der Waals surface area contributed by atoms with Crippen LogP contribution in [0.25, 0.3) is 0 Å². The molecule has 106 valence electrons. The molecule has 0 unspecified atom stereocenters. The van der Waals surface area contributed by atoms with Gasteiger partial charge in [-0.3, -0.25) is 14.4 Å². The number of fused-ring (bicyclic) bond motifs is 1. The fourth-order valence-corrected chi connectivity index (χ4v) is 3.24. The first-order valence-electron chi connectivity index (χ1n) is 6.37. The number of benzene rings is 1. The van der Waals surface area contributed by atoms with Crippen LogP contribution in [0.15, 0.2) is 17.5 Å². The van der Waals surface area contributed by atoms with Crippen molar-refractivity contribution in [2.24, 2.45) is 0 Å². The van der Waals surface area contributed by atoms with Crippen LogP contribution in [0.4, 0.5) is 5.13 Å². The maximum atomic E-state index is 12.5. The molecule has 6 heteroatoms. The van der Waals surface area contributed by atoms with Gasteiger partial charge in [0.25, 0.3) is 11.8 Å². The van der Waals surface area contributed by atoms with E-state index in [4.69, 9.17) is 0 Å². The number of imide groups is 1. The predicted octanol–water partition coefficient (Wildman–Crippen LogP) is 2.76. The highest BCUT2D eigenvalue weighted by atomic mass is 32.1. The number of aryl methyl sites for hydroxylation is 2. The Morgan fingerprint density at radius 3 is 2.05 bits per heavy atom. The highest BCUT2D eigenvalue weighted by Crippen LogP contribution is 2.33. The molecule has 0 bridgehead atoms. The summed E-state index contributed by atoms with van der Waals surface area (Å²) in [4.78, 5) is 41.6. The number of carbonyl (C=O) groups excluding carboxylic acids is 3. The van der Waals surface area contributed by atoms with Gasteiger partial charge in [-0.15, -0.1) is 11.3 Å². The Labute approximate surface area is 125 Å². The number of Topliss-reactive ketones (excluding diaryl/α,β-unsaturated/α-hetero) is 1. The van der Waals surface area contributed by atoms with Gasteiger partial charge < -0.3 is 0 Å². The Balaban J connectivity index is 2.13. The summed E-state index contributed by atoms with van der Waals surface area (Å²) in [7, 11) is 0. The Hall–Kier alpha value is -2.34. The minimum atomic E-state index is -0.374. The third kappa shape index (κ3) is 1.91. The molecule has 2 amide bonds. The first kappa shape index (κ1) is 13.6. The third-order valence-corrected chi connectivity index (χ3v) is 4.33. The number of anilines is 1. The summed E-state index contributed by atoms with van der Waals surface area (Å²) in [6.45, 7) is 5.00. The summed E-state index contributed by atoms with van der Waals surface area (Å²) < 4.78 is 0. The van der Waals surface area contributed by atoms with Gasteiger partial charge in [0, 0.05) is 12.3 Å². The maximum absolute atomic E-state index is 12.5. The van der Waals surface area contributed by atoms with E-state index in [1.165, 1.54) is 6.92 Å². The zero-order chi connectivity index (χ0) is 15.3. The molecule has 2 heterocycles. The van der Waals surface area contributed by atoms with Crippen molar-refractivity contribution in [1.29, 1.82) is 0 Å². The van der Waals surface area contributed by atoms with Crippen molar-refractivity contribution in [3.63, 3.8) is 0 Å². The molecule has 5 nitrogen and oxygen atoms in total. The number of rotatable bonds is 2. The van der Waals surface area contributed by atoms with Gasteiger partial charge in [0.05, 0.1) is 11.1 Å². The minimum Gasteiger partial charge on any atom is -0.293 e. The SMILES string of the molecule is CC(=O)c1csc(N2C(=O)c3c(C)ccc(C)c3C2=O)n1. The van der Waals surface area contributed by atoms with Crippen LogP contribution in [0, 0.1) is 13.8 Å². The molecule has 1 aliphatic heterocycles. The van der Waals surface area contributed by atoms with Crippen LogP contribution in [0.3, 0.4) is 0 Å². The second kappa shape index (κ2) is 4.60. The second-order valence-electron chi connectivity index (χ2n) is 4.97. The number of aromatic nitrogens is 1. The number of ketones is 1. The summed E-state index contributed by atoms with van der Waals surface area (Å²) in [6.07, 6.45) is 0. The predicted molar refractivity (Wildman–Crippen MR) is 79.2 cm³/mol. The highest BCUT2D eigenvalue weighted by molar-refractivity contribution is 7.14. The van der Waals surface area contributed by atoms with Crippen LogP contribution in [0.2, 0.25) is 0 Å². The maximum Gasteiger partial charge on any atom is 0.268 e. The van der Waals surface area contributed by atoms with E-state index >= 15 is 0 Å². The van der Waals surface area contributed by atoms with Gasteiger partial charge in [-0.1, -0.05) is 12.1 Å². The molecule has 1 aromatic heterocycles. The zero-order valence-corrected chi connectivity index (χ0v) is 12.6. The van der Waals surface area contributed by atoms with E-state index in [-0.39, 0.29) is 28.4 Å². The van der Waals surface area contributed by atoms with Gasteiger partial charge in [0.15, 0.2) is 10.9 Å². The summed E-state index contributed by atoms with van der Waals surface area (Å²) in [5.41, 5.74) is 2.65. The molecule has 0 fully saturated rings. The largest absolute Gasteiger partial charge is 0.293 e. The molecule has 0 saturated heterocycles. The van der Waals surface area contributed by atoms with E-state index in [2.05, 4.69) is 4.98 Å². The Bertz CT molecular complexity index is 766. The number of nitrogens with zero attached hydrogens (tertiary/aromatic N) is 2. The summed E-state index contributed by atoms with van der Waals surface area (Å²) in [5, 5.41) is 1.80. The van der Waals surface area contributed by atoms with Crippen molar-refractivity contribution in [2.45, 2.75) is 20.8 Å². The minimum absolute atomic E-state index is 0.193. The zero-order valence-electron chi connectivity index (χ0n) is 11.8. The highest BCUT2D eigenvalue weighted by Gasteiger charge is 2.40. The van der Waals surface area contributed by atoms with E-state index < -0.39 is 0 Å². The van der Waals surface area contributed by atoms with Crippen molar-refractivity contribution >= 4 is 34.1 Å². The summed E-state index contributed by atoms with van der Waals surface area (Å²) in [6, 6.07) is 3.65. The van der Waals surface area contributed by atoms with Crippen molar-refractivity contribution in [1.82, 2.24) is 4.98 Å². The average Bonchev–Trinajstić information content (AvgIpc) is 2.98. The number of thiazole rings is 1. The molecule has 3 rings (SSSR count). The molecular weight excluding hydrogens is 288 g/mol. The van der Waals surface area contributed by atoms with Crippen LogP contribution >= 0.6 is 11.3 Å². The van der Waals surface area contributed by atoms with Crippen molar-refractivity contribution in [3.8, 4) is 0 Å². The molecule has 21 heavy (non-hydrogen) atoms. The fourth-order valence-electron chi connectivity index (χ4n) is 2.38. The molecule has 0 aliphatic carbocycles. The molecule has 0 saturated carbocycles. The van der Waals surface area contributed by atoms with Crippen LogP contribution in [0.5, 0.6) is 0 Å². The molecule has 0 atom stereocenters. The molecule has 2 aromatic rings. The summed E-state index contributed by atoms with van der Waals surface area (Å²) in [5.74, 6) is -0.942. The Morgan fingerprint density at radius 2 is 1.62 bits per heavy atom. The molecule has 1 aromatic carbocycles. The van der Waals surface area contributed by atoms with Gasteiger partial charge in [-0.05, 0) is 25.0 Å². The van der Waals surface area contributed by atoms with E-state index in [9.17, 15) is 14.4 Å². The monoisotopic (exact) mass is 300 g/mol. The molecular formula is C15H12N2O3S. The van der Waals surface area contributed by atoms with Crippen molar-refractivity contribution < 1.29 is 14.4 Å². The number of hydrogen-bond donors (Lipinski definition) is 0. The lowest BCUT2D eigenvalue weighted by Crippen LogP contribution is -2.29. The smallest absolute Gasteiger partial charge is 0.268 e. The van der Waals surface area contributed by atoms with Gasteiger partial charge >= 0.3 is 0 Å². The van der Waals surface area contributed by atoms with E-state index in [0.717, 1.165) is 27.4 Å². The molecule has 1 aliphatic rings. The van der Waals surface area contributed by atoms with E-state index in [1.54, 1.807) is 19.2 Å². The van der Waals surface area contributed by atoms with Crippen LogP contribution in [-0.4, -0.2) is 22.6 Å². The lowest BCUT2D eigenvalue weighted by atomic mass is 9.99. The van der Waals surface area contributed by atoms with Crippen LogP contribution in [0.1, 0.15) is 49.3 Å². The second-order valence-corrected chi connectivity index (χ2v) is 5.80. The normalized spacial score (nSPS) is 13.8. The van der Waals surface area contributed by atoms with Gasteiger partial charge in [0.1, 0.15) is 5.69 Å². The van der Waals surface area contributed by atoms with Crippen molar-refractivity contribution in [2.75, 3.05) is 4.90 Å². The average molecular weight is 300 g/mol. The van der Waals surface area contributed by atoms with Gasteiger partial charge in [0.2, 0.25) is 0 Å². The first-order chi connectivity index (χ1) is 9.91. The quantitative estimate of drug-likeness (QED) is 0.632. The topological polar surface area (TPSA) is 67.3 Å². The fraction of sp³-hybridized carbons (Fsp3) is 0.200. The Kier molecular flexibility index (Phi) is 2.98. The van der Waals surface area contributed by atoms with E-state index in [1.807, 2.05) is 12.1 Å². The van der Waals surface area contributed by atoms with Gasteiger partial charge in [-0.2, -0.15) is 0 Å². The first-order valence-corrected chi connectivity index (χ1v) is 7.25. The van der Waals surface area contributed by atoms with Crippen molar-refractivity contribution in [3.05, 3.63) is 45.5 Å². The number of amides is 2. The van der Waals surface area contributed by atoms with E-state index in [0.29, 0.717) is 11.1 Å². The summed E-state index contributed by atoms with van der Waals surface area (Å²) >= 11 is 1.12. The van der Waals surface area contributed by atoms with Crippen LogP contribution in [-0.2, 0) is 0 Å². The number of carbonyl (C=O) groups is 3. The lowest BCUT2D eigenvalue weighted by molar-refractivity contribution is 0.0923.